The van der Waals surface area contributed by atoms with E-state index in [-0.39, 0.29) is 29.6 Å². The van der Waals surface area contributed by atoms with Crippen molar-refractivity contribution >= 4 is 0 Å². The minimum absolute atomic E-state index is 0.0316. The van der Waals surface area contributed by atoms with Crippen molar-refractivity contribution in [1.29, 1.82) is 0 Å². The number of aromatic hydroxyl groups is 1. The van der Waals surface area contributed by atoms with Gasteiger partial charge in [-0.15, -0.1) is 0 Å². The Morgan fingerprint density at radius 3 is 1.94 bits per heavy atom. The Morgan fingerprint density at radius 1 is 0.829 bits per heavy atom. The normalized spacial score (nSPS) is 26.0. The van der Waals surface area contributed by atoms with Gasteiger partial charge in [0, 0.05) is 0 Å². The van der Waals surface area contributed by atoms with Crippen LogP contribution in [-0.4, -0.2) is 16.3 Å². The summed E-state index contributed by atoms with van der Waals surface area (Å²) in [6.45, 7) is 2.07. The number of benzene rings is 2. The van der Waals surface area contributed by atoms with Crippen LogP contribution in [-0.2, 0) is 6.42 Å². The Labute approximate surface area is 207 Å². The number of halogens is 3. The smallest absolute Gasteiger partial charge is 0.165 e. The minimum atomic E-state index is -0.670. The van der Waals surface area contributed by atoms with Gasteiger partial charge >= 0.3 is 0 Å². The summed E-state index contributed by atoms with van der Waals surface area (Å²) in [7, 11) is 0. The van der Waals surface area contributed by atoms with Crippen molar-refractivity contribution in [2.45, 2.75) is 102 Å². The maximum Gasteiger partial charge on any atom is 0.165 e. The van der Waals surface area contributed by atoms with Crippen molar-refractivity contribution in [3.8, 4) is 5.75 Å². The van der Waals surface area contributed by atoms with E-state index in [1.807, 2.05) is 12.1 Å². The maximum atomic E-state index is 15.2. The van der Waals surface area contributed by atoms with Gasteiger partial charge in [-0.2, -0.15) is 0 Å². The second-order valence-corrected chi connectivity index (χ2v) is 10.9. The molecule has 0 saturated heterocycles. The van der Waals surface area contributed by atoms with Crippen LogP contribution < -0.4 is 0 Å². The fourth-order valence-electron chi connectivity index (χ4n) is 6.40. The standard InChI is InChI=1S/C30H39F3O2/c1-2-3-27(34)23-13-11-22(12-14-23)25-16-15-24(29(32)30(25)33)21-9-6-19(7-10-21)4-5-20-8-17-28(35)26(31)18-20/h8,15-19,21-23,27,34-35H,2-7,9-14H2,1H3. The van der Waals surface area contributed by atoms with Gasteiger partial charge in [-0.3, -0.25) is 0 Å². The van der Waals surface area contributed by atoms with Crippen molar-refractivity contribution in [1.82, 2.24) is 0 Å². The van der Waals surface area contributed by atoms with Crippen LogP contribution in [0.15, 0.2) is 30.3 Å². The lowest BCUT2D eigenvalue weighted by atomic mass is 9.74. The third-order valence-electron chi connectivity index (χ3n) is 8.62. The molecule has 0 heterocycles. The van der Waals surface area contributed by atoms with Crippen LogP contribution in [0.1, 0.15) is 106 Å². The molecule has 2 aliphatic rings. The van der Waals surface area contributed by atoms with Gasteiger partial charge in [0.25, 0.3) is 0 Å². The Balaban J connectivity index is 1.31. The molecular weight excluding hydrogens is 449 g/mol. The summed E-state index contributed by atoms with van der Waals surface area (Å²) in [5.74, 6) is -1.41. The number of phenols is 1. The lowest BCUT2D eigenvalue weighted by Crippen LogP contribution is -2.25. The fraction of sp³-hybridized carbons (Fsp3) is 0.600. The zero-order valence-corrected chi connectivity index (χ0v) is 20.8. The zero-order chi connectivity index (χ0) is 24.9. The average Bonchev–Trinajstić information content (AvgIpc) is 2.87. The third kappa shape index (κ3) is 6.22. The average molecular weight is 489 g/mol. The predicted molar refractivity (Wildman–Crippen MR) is 133 cm³/mol. The second-order valence-electron chi connectivity index (χ2n) is 10.9. The van der Waals surface area contributed by atoms with Gasteiger partial charge in [-0.25, -0.2) is 13.2 Å². The zero-order valence-electron chi connectivity index (χ0n) is 20.8. The largest absolute Gasteiger partial charge is 0.505 e. The van der Waals surface area contributed by atoms with E-state index in [1.165, 1.54) is 12.1 Å². The van der Waals surface area contributed by atoms with Crippen LogP contribution in [0.4, 0.5) is 13.2 Å². The molecule has 4 rings (SSSR count). The van der Waals surface area contributed by atoms with Crippen LogP contribution in [0.3, 0.4) is 0 Å². The molecule has 5 heteroatoms. The number of hydrogen-bond donors (Lipinski definition) is 2. The fourth-order valence-corrected chi connectivity index (χ4v) is 6.40. The first-order valence-corrected chi connectivity index (χ1v) is 13.5. The number of aliphatic hydroxyl groups excluding tert-OH is 1. The van der Waals surface area contributed by atoms with Crippen molar-refractivity contribution in [2.75, 3.05) is 0 Å². The van der Waals surface area contributed by atoms with Crippen LogP contribution in [0.2, 0.25) is 0 Å². The van der Waals surface area contributed by atoms with E-state index in [0.717, 1.165) is 82.6 Å². The first-order valence-electron chi connectivity index (χ1n) is 13.5. The Hall–Kier alpha value is -2.01. The van der Waals surface area contributed by atoms with E-state index in [9.17, 15) is 14.6 Å². The van der Waals surface area contributed by atoms with Crippen LogP contribution >= 0.6 is 0 Å². The molecule has 192 valence electrons. The molecule has 2 saturated carbocycles. The molecule has 2 nitrogen and oxygen atoms in total. The lowest BCUT2D eigenvalue weighted by Gasteiger charge is -2.32. The van der Waals surface area contributed by atoms with E-state index in [0.29, 0.717) is 17.0 Å². The van der Waals surface area contributed by atoms with Crippen molar-refractivity contribution in [2.24, 2.45) is 11.8 Å². The summed E-state index contributed by atoms with van der Waals surface area (Å²) < 4.78 is 43.9. The monoisotopic (exact) mass is 488 g/mol. The van der Waals surface area contributed by atoms with Gasteiger partial charge in [0.2, 0.25) is 0 Å². The first-order chi connectivity index (χ1) is 16.9. The number of aryl methyl sites for hydroxylation is 1. The summed E-state index contributed by atoms with van der Waals surface area (Å²) in [6, 6.07) is 8.16. The van der Waals surface area contributed by atoms with E-state index >= 15 is 8.78 Å². The Morgan fingerprint density at radius 2 is 1.40 bits per heavy atom. The highest BCUT2D eigenvalue weighted by molar-refractivity contribution is 5.32. The summed E-state index contributed by atoms with van der Waals surface area (Å²) in [5, 5.41) is 19.6. The van der Waals surface area contributed by atoms with Gasteiger partial charge < -0.3 is 10.2 Å². The van der Waals surface area contributed by atoms with Gasteiger partial charge in [0.1, 0.15) is 0 Å². The van der Waals surface area contributed by atoms with Gasteiger partial charge in [0.05, 0.1) is 6.10 Å². The molecule has 2 N–H and O–H groups in total. The van der Waals surface area contributed by atoms with Gasteiger partial charge in [-0.1, -0.05) is 31.5 Å². The molecule has 35 heavy (non-hydrogen) atoms. The molecule has 2 aromatic rings. The van der Waals surface area contributed by atoms with Gasteiger partial charge in [0.15, 0.2) is 23.2 Å². The molecule has 1 atom stereocenters. The first kappa shape index (κ1) is 26.1. The summed E-state index contributed by atoms with van der Waals surface area (Å²) in [4.78, 5) is 0. The lowest BCUT2D eigenvalue weighted by molar-refractivity contribution is 0.0727. The molecule has 0 radical (unpaired) electrons. The molecule has 0 aromatic heterocycles. The molecule has 2 fully saturated rings. The second kappa shape index (κ2) is 11.8. The van der Waals surface area contributed by atoms with E-state index in [4.69, 9.17) is 0 Å². The van der Waals surface area contributed by atoms with Crippen molar-refractivity contribution in [3.05, 3.63) is 64.5 Å². The molecular formula is C30H39F3O2. The Bertz CT molecular complexity index is 976. The molecule has 2 aliphatic carbocycles. The molecule has 0 spiro atoms. The minimum Gasteiger partial charge on any atom is -0.505 e. The molecule has 0 bridgehead atoms. The van der Waals surface area contributed by atoms with Crippen LogP contribution in [0, 0.1) is 29.3 Å². The molecule has 0 amide bonds. The number of hydrogen-bond acceptors (Lipinski definition) is 2. The van der Waals surface area contributed by atoms with E-state index in [1.54, 1.807) is 6.07 Å². The topological polar surface area (TPSA) is 40.5 Å². The number of aliphatic hydroxyl groups is 1. The summed E-state index contributed by atoms with van der Waals surface area (Å²) >= 11 is 0. The maximum absolute atomic E-state index is 15.2. The highest BCUT2D eigenvalue weighted by atomic mass is 19.2. The highest BCUT2D eigenvalue weighted by Gasteiger charge is 2.31. The highest BCUT2D eigenvalue weighted by Crippen LogP contribution is 2.42. The van der Waals surface area contributed by atoms with E-state index in [2.05, 4.69) is 6.92 Å². The molecule has 0 aliphatic heterocycles. The number of rotatable bonds is 8. The third-order valence-corrected chi connectivity index (χ3v) is 8.62. The summed E-state index contributed by atoms with van der Waals surface area (Å²) in [5.41, 5.74) is 1.89. The van der Waals surface area contributed by atoms with Crippen LogP contribution in [0.25, 0.3) is 0 Å². The number of phenolic OH excluding ortho intramolecular Hbond substituents is 1. The van der Waals surface area contributed by atoms with Crippen LogP contribution in [0.5, 0.6) is 5.75 Å². The molecule has 1 unspecified atom stereocenters. The molecule has 2 aromatic carbocycles. The predicted octanol–water partition coefficient (Wildman–Crippen LogP) is 8.15. The Kier molecular flexibility index (Phi) is 8.80. The van der Waals surface area contributed by atoms with Crippen molar-refractivity contribution < 1.29 is 23.4 Å². The van der Waals surface area contributed by atoms with Gasteiger partial charge in [-0.05, 0) is 123 Å². The SMILES string of the molecule is CCCC(O)C1CCC(c2ccc(C3CCC(CCc4ccc(O)c(F)c4)CC3)c(F)c2F)CC1. The van der Waals surface area contributed by atoms with Crippen molar-refractivity contribution in [3.63, 3.8) is 0 Å². The van der Waals surface area contributed by atoms with E-state index < -0.39 is 17.5 Å². The quantitative estimate of drug-likeness (QED) is 0.394. The summed E-state index contributed by atoms with van der Waals surface area (Å²) in [6.07, 6.45) is 10.1.